The van der Waals surface area contributed by atoms with Crippen molar-refractivity contribution in [3.8, 4) is 21.6 Å². The van der Waals surface area contributed by atoms with Crippen LogP contribution in [0, 0.1) is 0 Å². The first kappa shape index (κ1) is 24.7. The maximum Gasteiger partial charge on any atom is 0.412 e. The number of hydrogen-bond acceptors (Lipinski definition) is 6. The first-order valence-corrected chi connectivity index (χ1v) is 13.9. The van der Waals surface area contributed by atoms with E-state index in [0.29, 0.717) is 21.6 Å². The Bertz CT molecular complexity index is 1680. The summed E-state index contributed by atoms with van der Waals surface area (Å²) < 4.78 is 33.8. The lowest BCUT2D eigenvalue weighted by atomic mass is 10.0. The molecule has 0 saturated carbocycles. The number of nitrogens with zero attached hydrogens (tertiary/aromatic N) is 2. The van der Waals surface area contributed by atoms with Crippen molar-refractivity contribution in [3.05, 3.63) is 91.3 Å². The Hall–Kier alpha value is -3.95. The Morgan fingerprint density at radius 2 is 1.62 bits per heavy atom. The summed E-state index contributed by atoms with van der Waals surface area (Å²) in [6.07, 6.45) is 2.62. The summed E-state index contributed by atoms with van der Waals surface area (Å²) in [4.78, 5) is 18.0. The van der Waals surface area contributed by atoms with E-state index in [4.69, 9.17) is 4.74 Å². The Balaban J connectivity index is 1.69. The normalized spacial score (nSPS) is 12.0. The zero-order valence-electron chi connectivity index (χ0n) is 20.5. The molecule has 0 atom stereocenters. The molecule has 1 amide bonds. The molecule has 0 radical (unpaired) electrons. The molecule has 0 unspecified atom stereocenters. The van der Waals surface area contributed by atoms with Gasteiger partial charge in [0.2, 0.25) is 0 Å². The molecule has 0 fully saturated rings. The summed E-state index contributed by atoms with van der Waals surface area (Å²) >= 11 is 1.39. The highest BCUT2D eigenvalue weighted by atomic mass is 32.2. The van der Waals surface area contributed by atoms with Crippen molar-refractivity contribution in [1.82, 2.24) is 8.96 Å². The highest BCUT2D eigenvalue weighted by Gasteiger charge is 2.25. The second-order valence-electron chi connectivity index (χ2n) is 9.38. The monoisotopic (exact) mass is 531 g/mol. The lowest BCUT2D eigenvalue weighted by Crippen LogP contribution is -2.26. The van der Waals surface area contributed by atoms with Crippen LogP contribution in [0.5, 0.6) is 0 Å². The van der Waals surface area contributed by atoms with Crippen molar-refractivity contribution in [2.24, 2.45) is 0 Å². The van der Waals surface area contributed by atoms with Gasteiger partial charge in [0, 0.05) is 33.8 Å². The number of carbonyl (C=O) groups is 1. The van der Waals surface area contributed by atoms with Gasteiger partial charge in [0.25, 0.3) is 10.0 Å². The molecule has 0 bridgehead atoms. The van der Waals surface area contributed by atoms with Crippen LogP contribution in [0.3, 0.4) is 0 Å². The average molecular weight is 532 g/mol. The molecule has 2 aromatic carbocycles. The minimum Gasteiger partial charge on any atom is -0.444 e. The van der Waals surface area contributed by atoms with Crippen LogP contribution in [0.2, 0.25) is 0 Å². The quantitative estimate of drug-likeness (QED) is 0.263. The van der Waals surface area contributed by atoms with E-state index in [2.05, 4.69) is 10.3 Å². The van der Waals surface area contributed by atoms with Crippen molar-refractivity contribution in [2.45, 2.75) is 31.3 Å². The van der Waals surface area contributed by atoms with Crippen LogP contribution in [-0.4, -0.2) is 29.1 Å². The van der Waals surface area contributed by atoms with Crippen LogP contribution < -0.4 is 5.32 Å². The van der Waals surface area contributed by atoms with Gasteiger partial charge in [-0.15, -0.1) is 11.3 Å². The van der Waals surface area contributed by atoms with Gasteiger partial charge in [-0.2, -0.15) is 0 Å². The van der Waals surface area contributed by atoms with Gasteiger partial charge >= 0.3 is 6.09 Å². The second kappa shape index (κ2) is 9.49. The standard InChI is InChI=1S/C28H25N3O4S2/c1-28(2,3)35-27(32)30-24-17-22(25(36-24)19-11-6-4-7-12-19)23-18-31(26-21(23)15-10-16-29-26)37(33,34)20-13-8-5-9-14-20/h4-18H,1-3H3,(H,30,32). The fourth-order valence-corrected chi connectivity index (χ4v) is 6.40. The molecule has 7 nitrogen and oxygen atoms in total. The summed E-state index contributed by atoms with van der Waals surface area (Å²) in [6.45, 7) is 5.41. The first-order valence-electron chi connectivity index (χ1n) is 11.6. The van der Waals surface area contributed by atoms with Gasteiger partial charge < -0.3 is 4.74 Å². The van der Waals surface area contributed by atoms with Gasteiger partial charge in [-0.25, -0.2) is 22.2 Å². The SMILES string of the molecule is CC(C)(C)OC(=O)Nc1cc(-c2cn(S(=O)(=O)c3ccccc3)c3ncccc23)c(-c2ccccc2)s1. The van der Waals surface area contributed by atoms with Crippen molar-refractivity contribution in [2.75, 3.05) is 5.32 Å². The van der Waals surface area contributed by atoms with Crippen LogP contribution in [0.25, 0.3) is 32.6 Å². The summed E-state index contributed by atoms with van der Waals surface area (Å²) in [6, 6.07) is 23.5. The zero-order valence-corrected chi connectivity index (χ0v) is 22.1. The molecule has 1 N–H and O–H groups in total. The number of hydrogen-bond donors (Lipinski definition) is 1. The molecule has 0 aliphatic carbocycles. The number of rotatable bonds is 5. The fourth-order valence-electron chi connectivity index (χ4n) is 4.00. The van der Waals surface area contributed by atoms with Crippen molar-refractivity contribution >= 4 is 43.5 Å². The van der Waals surface area contributed by atoms with E-state index in [0.717, 1.165) is 16.0 Å². The molecular formula is C28H25N3O4S2. The number of ether oxygens (including phenoxy) is 1. The Labute approximate surface area is 219 Å². The number of anilines is 1. The van der Waals surface area contributed by atoms with Gasteiger partial charge in [-0.3, -0.25) is 5.32 Å². The number of carbonyl (C=O) groups excluding carboxylic acids is 1. The Kier molecular flexibility index (Phi) is 6.35. The predicted octanol–water partition coefficient (Wildman–Crippen LogP) is 7.02. The van der Waals surface area contributed by atoms with E-state index in [-0.39, 0.29) is 4.90 Å². The molecule has 0 aliphatic heterocycles. The van der Waals surface area contributed by atoms with E-state index >= 15 is 0 Å². The molecule has 9 heteroatoms. The van der Waals surface area contributed by atoms with Gasteiger partial charge in [-0.1, -0.05) is 48.5 Å². The third-order valence-corrected chi connectivity index (χ3v) is 8.28. The number of pyridine rings is 1. The average Bonchev–Trinajstić information content (AvgIpc) is 3.46. The zero-order chi connectivity index (χ0) is 26.2. The summed E-state index contributed by atoms with van der Waals surface area (Å²) in [5.41, 5.74) is 2.10. The van der Waals surface area contributed by atoms with E-state index in [1.54, 1.807) is 69.6 Å². The topological polar surface area (TPSA) is 90.3 Å². The smallest absolute Gasteiger partial charge is 0.412 e. The minimum absolute atomic E-state index is 0.171. The molecule has 3 aromatic heterocycles. The largest absolute Gasteiger partial charge is 0.444 e. The predicted molar refractivity (Wildman–Crippen MR) is 147 cm³/mol. The maximum atomic E-state index is 13.6. The third-order valence-electron chi connectivity index (χ3n) is 5.51. The van der Waals surface area contributed by atoms with Crippen LogP contribution >= 0.6 is 11.3 Å². The van der Waals surface area contributed by atoms with Crippen molar-refractivity contribution in [1.29, 1.82) is 0 Å². The van der Waals surface area contributed by atoms with Crippen LogP contribution in [0.1, 0.15) is 20.8 Å². The van der Waals surface area contributed by atoms with E-state index in [9.17, 15) is 13.2 Å². The highest BCUT2D eigenvalue weighted by molar-refractivity contribution is 7.90. The Morgan fingerprint density at radius 1 is 0.946 bits per heavy atom. The summed E-state index contributed by atoms with van der Waals surface area (Å²) in [5, 5.41) is 4.09. The number of thiophene rings is 1. The fraction of sp³-hybridized carbons (Fsp3) is 0.143. The Morgan fingerprint density at radius 3 is 2.30 bits per heavy atom. The number of aromatic nitrogens is 2. The van der Waals surface area contributed by atoms with E-state index in [1.807, 2.05) is 42.5 Å². The van der Waals surface area contributed by atoms with Gasteiger partial charge in [0.1, 0.15) is 5.60 Å². The molecule has 37 heavy (non-hydrogen) atoms. The lowest BCUT2D eigenvalue weighted by Gasteiger charge is -2.19. The maximum absolute atomic E-state index is 13.6. The lowest BCUT2D eigenvalue weighted by molar-refractivity contribution is 0.0636. The number of benzene rings is 2. The van der Waals surface area contributed by atoms with Crippen molar-refractivity contribution < 1.29 is 17.9 Å². The van der Waals surface area contributed by atoms with Crippen LogP contribution in [0.15, 0.2) is 96.2 Å². The van der Waals surface area contributed by atoms with Crippen LogP contribution in [0.4, 0.5) is 9.80 Å². The van der Waals surface area contributed by atoms with E-state index < -0.39 is 21.7 Å². The molecule has 5 rings (SSSR count). The van der Waals surface area contributed by atoms with Crippen LogP contribution in [-0.2, 0) is 14.8 Å². The highest BCUT2D eigenvalue weighted by Crippen LogP contribution is 2.44. The van der Waals surface area contributed by atoms with Gasteiger partial charge in [0.05, 0.1) is 9.90 Å². The first-order chi connectivity index (χ1) is 17.6. The van der Waals surface area contributed by atoms with E-state index in [1.165, 1.54) is 15.3 Å². The number of fused-ring (bicyclic) bond motifs is 1. The number of nitrogens with one attached hydrogen (secondary N) is 1. The van der Waals surface area contributed by atoms with Gasteiger partial charge in [-0.05, 0) is 56.7 Å². The molecule has 0 saturated heterocycles. The second-order valence-corrected chi connectivity index (χ2v) is 12.2. The third kappa shape index (κ3) is 5.00. The molecule has 0 spiro atoms. The number of amides is 1. The van der Waals surface area contributed by atoms with Gasteiger partial charge in [0.15, 0.2) is 5.65 Å². The molecular weight excluding hydrogens is 506 g/mol. The summed E-state index contributed by atoms with van der Waals surface area (Å²) in [7, 11) is -3.89. The molecule has 3 heterocycles. The molecule has 5 aromatic rings. The minimum atomic E-state index is -3.89. The molecule has 188 valence electrons. The molecule has 0 aliphatic rings. The van der Waals surface area contributed by atoms with Crippen molar-refractivity contribution in [3.63, 3.8) is 0 Å². The summed E-state index contributed by atoms with van der Waals surface area (Å²) in [5.74, 6) is 0.